The molecule has 134 valence electrons. The van der Waals surface area contributed by atoms with E-state index in [2.05, 4.69) is 5.32 Å². The lowest BCUT2D eigenvalue weighted by atomic mass is 9.97. The van der Waals surface area contributed by atoms with Gasteiger partial charge in [-0.3, -0.25) is 4.79 Å². The van der Waals surface area contributed by atoms with Crippen LogP contribution in [0.4, 0.5) is 0 Å². The van der Waals surface area contributed by atoms with Crippen LogP contribution in [0.1, 0.15) is 38.2 Å². The maximum absolute atomic E-state index is 12.2. The maximum atomic E-state index is 12.2. The van der Waals surface area contributed by atoms with Gasteiger partial charge in [0.2, 0.25) is 15.9 Å². The molecule has 1 saturated heterocycles. The number of amides is 1. The Labute approximate surface area is 145 Å². The van der Waals surface area contributed by atoms with Crippen LogP contribution in [0.15, 0.2) is 30.3 Å². The molecule has 2 rings (SSSR count). The third-order valence-corrected chi connectivity index (χ3v) is 6.49. The zero-order valence-electron chi connectivity index (χ0n) is 14.4. The minimum Gasteiger partial charge on any atom is -0.356 e. The summed E-state index contributed by atoms with van der Waals surface area (Å²) in [6.07, 6.45) is 3.61. The summed E-state index contributed by atoms with van der Waals surface area (Å²) in [6.45, 7) is 3.53. The third kappa shape index (κ3) is 5.60. The van der Waals surface area contributed by atoms with Crippen molar-refractivity contribution < 1.29 is 13.2 Å². The fraction of sp³-hybridized carbons (Fsp3) is 0.611. The van der Waals surface area contributed by atoms with Gasteiger partial charge in [-0.1, -0.05) is 43.7 Å². The Bertz CT molecular complexity index is 608. The van der Waals surface area contributed by atoms with Crippen molar-refractivity contribution >= 4 is 15.9 Å². The second kappa shape index (κ2) is 9.18. The first kappa shape index (κ1) is 18.9. The molecule has 0 aromatic heterocycles. The van der Waals surface area contributed by atoms with E-state index < -0.39 is 10.0 Å². The Hall–Kier alpha value is -1.40. The summed E-state index contributed by atoms with van der Waals surface area (Å²) >= 11 is 0. The Balaban J connectivity index is 1.72. The minimum atomic E-state index is -3.15. The van der Waals surface area contributed by atoms with Crippen LogP contribution in [-0.4, -0.2) is 44.0 Å². The van der Waals surface area contributed by atoms with Gasteiger partial charge in [0.25, 0.3) is 0 Å². The van der Waals surface area contributed by atoms with Crippen LogP contribution in [0.25, 0.3) is 0 Å². The molecule has 1 aliphatic rings. The van der Waals surface area contributed by atoms with Gasteiger partial charge in [0.15, 0.2) is 0 Å². The molecule has 1 aromatic rings. The molecular weight excluding hydrogens is 324 g/mol. The second-order valence-corrected chi connectivity index (χ2v) is 8.46. The van der Waals surface area contributed by atoms with E-state index in [4.69, 9.17) is 0 Å². The molecule has 24 heavy (non-hydrogen) atoms. The number of nitrogens with one attached hydrogen (secondary N) is 1. The molecule has 0 saturated carbocycles. The van der Waals surface area contributed by atoms with Crippen LogP contribution in [0.3, 0.4) is 0 Å². The number of unbranched alkanes of at least 4 members (excludes halogenated alkanes) is 1. The fourth-order valence-electron chi connectivity index (χ4n) is 2.97. The molecule has 0 aliphatic carbocycles. The van der Waals surface area contributed by atoms with Gasteiger partial charge < -0.3 is 5.32 Å². The number of hydrogen-bond donors (Lipinski definition) is 1. The summed E-state index contributed by atoms with van der Waals surface area (Å²) in [4.78, 5) is 12.2. The van der Waals surface area contributed by atoms with Gasteiger partial charge in [0.05, 0.1) is 5.75 Å². The Morgan fingerprint density at radius 1 is 1.21 bits per heavy atom. The first-order chi connectivity index (χ1) is 11.5. The van der Waals surface area contributed by atoms with Gasteiger partial charge in [-0.05, 0) is 31.2 Å². The number of piperidine rings is 1. The molecule has 0 radical (unpaired) electrons. The molecule has 0 spiro atoms. The van der Waals surface area contributed by atoms with E-state index in [1.165, 1.54) is 5.56 Å². The van der Waals surface area contributed by atoms with Crippen LogP contribution in [0.2, 0.25) is 0 Å². The van der Waals surface area contributed by atoms with Crippen LogP contribution < -0.4 is 5.32 Å². The van der Waals surface area contributed by atoms with Crippen LogP contribution in [0.5, 0.6) is 0 Å². The number of sulfonamides is 1. The second-order valence-electron chi connectivity index (χ2n) is 6.37. The van der Waals surface area contributed by atoms with Crippen molar-refractivity contribution in [1.29, 1.82) is 0 Å². The highest BCUT2D eigenvalue weighted by atomic mass is 32.2. The number of carbonyl (C=O) groups excluding carboxylic acids is 1. The third-order valence-electron chi connectivity index (χ3n) is 4.53. The molecule has 5 nitrogen and oxygen atoms in total. The molecule has 0 unspecified atom stereocenters. The Morgan fingerprint density at radius 3 is 2.50 bits per heavy atom. The summed E-state index contributed by atoms with van der Waals surface area (Å²) in [5.41, 5.74) is 1.20. The van der Waals surface area contributed by atoms with Crippen LogP contribution in [0, 0.1) is 5.92 Å². The number of hydrogen-bond acceptors (Lipinski definition) is 3. The van der Waals surface area contributed by atoms with Gasteiger partial charge in [-0.15, -0.1) is 0 Å². The van der Waals surface area contributed by atoms with Gasteiger partial charge >= 0.3 is 0 Å². The highest BCUT2D eigenvalue weighted by molar-refractivity contribution is 7.89. The van der Waals surface area contributed by atoms with Crippen molar-refractivity contribution in [3.63, 3.8) is 0 Å². The van der Waals surface area contributed by atoms with Crippen LogP contribution in [-0.2, 0) is 21.2 Å². The van der Waals surface area contributed by atoms with E-state index in [0.29, 0.717) is 38.9 Å². The zero-order valence-corrected chi connectivity index (χ0v) is 15.2. The standard InChI is InChI=1S/C18H28N2O3S/c1-2-3-15-24(22,23)20-13-10-17(11-14-20)18(21)19-12-9-16-7-5-4-6-8-16/h4-8,17H,2-3,9-15H2,1H3,(H,19,21). The predicted molar refractivity (Wildman–Crippen MR) is 96.1 cm³/mol. The molecular formula is C18H28N2O3S. The van der Waals surface area contributed by atoms with Crippen molar-refractivity contribution in [3.8, 4) is 0 Å². The van der Waals surface area contributed by atoms with E-state index in [9.17, 15) is 13.2 Å². The molecule has 1 aliphatic heterocycles. The van der Waals surface area contributed by atoms with Crippen molar-refractivity contribution in [1.82, 2.24) is 9.62 Å². The average Bonchev–Trinajstić information content (AvgIpc) is 2.61. The average molecular weight is 353 g/mol. The Kier molecular flexibility index (Phi) is 7.24. The molecule has 1 heterocycles. The summed E-state index contributed by atoms with van der Waals surface area (Å²) in [5, 5.41) is 2.98. The smallest absolute Gasteiger partial charge is 0.223 e. The number of benzene rings is 1. The molecule has 1 amide bonds. The quantitative estimate of drug-likeness (QED) is 0.780. The van der Waals surface area contributed by atoms with Gasteiger partial charge in [0.1, 0.15) is 0 Å². The summed E-state index contributed by atoms with van der Waals surface area (Å²) in [7, 11) is -3.15. The lowest BCUT2D eigenvalue weighted by Gasteiger charge is -2.30. The SMILES string of the molecule is CCCCS(=O)(=O)N1CCC(C(=O)NCCc2ccccc2)CC1. The largest absolute Gasteiger partial charge is 0.356 e. The monoisotopic (exact) mass is 352 g/mol. The van der Waals surface area contributed by atoms with Crippen molar-refractivity contribution in [2.75, 3.05) is 25.4 Å². The van der Waals surface area contributed by atoms with E-state index >= 15 is 0 Å². The minimum absolute atomic E-state index is 0.0523. The van der Waals surface area contributed by atoms with E-state index in [-0.39, 0.29) is 17.6 Å². The summed E-state index contributed by atoms with van der Waals surface area (Å²) in [5.74, 6) is 0.201. The summed E-state index contributed by atoms with van der Waals surface area (Å²) in [6, 6.07) is 10.1. The number of rotatable bonds is 8. The maximum Gasteiger partial charge on any atom is 0.223 e. The van der Waals surface area contributed by atoms with Crippen molar-refractivity contribution in [2.24, 2.45) is 5.92 Å². The molecule has 0 bridgehead atoms. The normalized spacial score (nSPS) is 16.9. The van der Waals surface area contributed by atoms with E-state index in [1.807, 2.05) is 37.3 Å². The van der Waals surface area contributed by atoms with Gasteiger partial charge in [-0.25, -0.2) is 12.7 Å². The number of nitrogens with zero attached hydrogens (tertiary/aromatic N) is 1. The Morgan fingerprint density at radius 2 is 1.88 bits per heavy atom. The van der Waals surface area contributed by atoms with Crippen molar-refractivity contribution in [2.45, 2.75) is 39.0 Å². The first-order valence-electron chi connectivity index (χ1n) is 8.82. The lowest BCUT2D eigenvalue weighted by Crippen LogP contribution is -2.44. The molecule has 1 fully saturated rings. The molecule has 1 aromatic carbocycles. The topological polar surface area (TPSA) is 66.5 Å². The lowest BCUT2D eigenvalue weighted by molar-refractivity contribution is -0.126. The molecule has 1 N–H and O–H groups in total. The van der Waals surface area contributed by atoms with E-state index in [0.717, 1.165) is 12.8 Å². The highest BCUT2D eigenvalue weighted by Gasteiger charge is 2.30. The fourth-order valence-corrected chi connectivity index (χ4v) is 4.65. The zero-order chi connectivity index (χ0) is 17.4. The van der Waals surface area contributed by atoms with E-state index in [1.54, 1.807) is 4.31 Å². The summed E-state index contributed by atoms with van der Waals surface area (Å²) < 4.78 is 25.9. The molecule has 6 heteroatoms. The highest BCUT2D eigenvalue weighted by Crippen LogP contribution is 2.20. The molecule has 0 atom stereocenters. The van der Waals surface area contributed by atoms with Crippen LogP contribution >= 0.6 is 0 Å². The predicted octanol–water partition coefficient (Wildman–Crippen LogP) is 2.19. The van der Waals surface area contributed by atoms with Gasteiger partial charge in [-0.2, -0.15) is 0 Å². The first-order valence-corrected chi connectivity index (χ1v) is 10.4. The van der Waals surface area contributed by atoms with Gasteiger partial charge in [0, 0.05) is 25.6 Å². The number of carbonyl (C=O) groups is 1. The van der Waals surface area contributed by atoms with Crippen molar-refractivity contribution in [3.05, 3.63) is 35.9 Å².